The summed E-state index contributed by atoms with van der Waals surface area (Å²) in [5, 5.41) is 15.3. The third kappa shape index (κ3) is 5.10. The second-order valence-corrected chi connectivity index (χ2v) is 7.40. The van der Waals surface area contributed by atoms with E-state index in [1.807, 2.05) is 28.8 Å². The second kappa shape index (κ2) is 10.7. The molecule has 1 aliphatic rings. The second-order valence-electron chi connectivity index (χ2n) is 7.40. The van der Waals surface area contributed by atoms with Crippen molar-refractivity contribution in [3.8, 4) is 0 Å². The van der Waals surface area contributed by atoms with Gasteiger partial charge in [0, 0.05) is 38.9 Å². The van der Waals surface area contributed by atoms with Gasteiger partial charge >= 0.3 is 0 Å². The number of halogens is 1. The molecule has 2 aromatic heterocycles. The predicted octanol–water partition coefficient (Wildman–Crippen LogP) is 2.85. The Balaban J connectivity index is 0.00000256. The monoisotopic (exact) mass is 519 g/mol. The number of fused-ring (bicyclic) bond motifs is 2. The van der Waals surface area contributed by atoms with Crippen LogP contribution in [0.4, 0.5) is 0 Å². The lowest BCUT2D eigenvalue weighted by atomic mass is 9.98. The van der Waals surface area contributed by atoms with Crippen molar-refractivity contribution in [1.82, 2.24) is 30.1 Å². The third-order valence-corrected chi connectivity index (χ3v) is 5.67. The Morgan fingerprint density at radius 3 is 2.70 bits per heavy atom. The van der Waals surface area contributed by atoms with Crippen LogP contribution in [-0.4, -0.2) is 51.6 Å². The first-order valence-electron chi connectivity index (χ1n) is 10.3. The van der Waals surface area contributed by atoms with Gasteiger partial charge in [0.05, 0.1) is 6.54 Å². The zero-order valence-electron chi connectivity index (χ0n) is 17.6. The Labute approximate surface area is 195 Å². The highest BCUT2D eigenvalue weighted by Crippen LogP contribution is 2.21. The number of nitrogens with one attached hydrogen (secondary N) is 2. The molecule has 1 unspecified atom stereocenters. The SMILES string of the molecule is CCC(CNC(=NC)NCc1nnc2ccccn12)N1CCc2ccccc2C1.I. The zero-order valence-corrected chi connectivity index (χ0v) is 19.9. The lowest BCUT2D eigenvalue weighted by Gasteiger charge is -2.35. The van der Waals surface area contributed by atoms with Crippen LogP contribution in [0.3, 0.4) is 0 Å². The lowest BCUT2D eigenvalue weighted by Crippen LogP contribution is -2.48. The summed E-state index contributed by atoms with van der Waals surface area (Å²) in [6.07, 6.45) is 4.20. The molecule has 0 fully saturated rings. The summed E-state index contributed by atoms with van der Waals surface area (Å²) in [6, 6.07) is 15.2. The van der Waals surface area contributed by atoms with Gasteiger partial charge in [0.25, 0.3) is 0 Å². The van der Waals surface area contributed by atoms with Gasteiger partial charge in [0.2, 0.25) is 0 Å². The van der Waals surface area contributed by atoms with Gasteiger partial charge in [-0.3, -0.25) is 14.3 Å². The van der Waals surface area contributed by atoms with Crippen LogP contribution in [0.5, 0.6) is 0 Å². The maximum Gasteiger partial charge on any atom is 0.191 e. The number of aliphatic imine (C=N–C) groups is 1. The molecule has 3 heterocycles. The number of pyridine rings is 1. The molecule has 1 atom stereocenters. The minimum atomic E-state index is 0. The Hall–Kier alpha value is -2.20. The number of nitrogens with zero attached hydrogens (tertiary/aromatic N) is 5. The van der Waals surface area contributed by atoms with Crippen molar-refractivity contribution in [3.05, 3.63) is 65.6 Å². The minimum absolute atomic E-state index is 0. The summed E-state index contributed by atoms with van der Waals surface area (Å²) in [5.41, 5.74) is 3.80. The number of rotatable bonds is 6. The molecular weight excluding hydrogens is 489 g/mol. The third-order valence-electron chi connectivity index (χ3n) is 5.67. The lowest BCUT2D eigenvalue weighted by molar-refractivity contribution is 0.174. The Bertz CT molecular complexity index is 984. The number of hydrogen-bond donors (Lipinski definition) is 2. The smallest absolute Gasteiger partial charge is 0.191 e. The summed E-state index contributed by atoms with van der Waals surface area (Å²) in [7, 11) is 1.80. The van der Waals surface area contributed by atoms with Crippen LogP contribution in [0, 0.1) is 0 Å². The first-order valence-corrected chi connectivity index (χ1v) is 10.3. The quantitative estimate of drug-likeness (QED) is 0.298. The highest BCUT2D eigenvalue weighted by atomic mass is 127. The van der Waals surface area contributed by atoms with Crippen molar-refractivity contribution in [1.29, 1.82) is 0 Å². The Morgan fingerprint density at radius 1 is 1.10 bits per heavy atom. The van der Waals surface area contributed by atoms with E-state index >= 15 is 0 Å². The average Bonchev–Trinajstić information content (AvgIpc) is 3.19. The fourth-order valence-corrected chi connectivity index (χ4v) is 3.97. The van der Waals surface area contributed by atoms with E-state index in [1.165, 1.54) is 11.1 Å². The van der Waals surface area contributed by atoms with Crippen LogP contribution in [0.15, 0.2) is 53.7 Å². The van der Waals surface area contributed by atoms with Crippen molar-refractivity contribution in [3.63, 3.8) is 0 Å². The van der Waals surface area contributed by atoms with E-state index in [0.717, 1.165) is 49.9 Å². The standard InChI is InChI=1S/C22H29N7.HI/c1-3-19(28-13-11-17-8-4-5-9-18(17)16-28)14-24-22(23-2)25-15-21-27-26-20-10-6-7-12-29(20)21;/h4-10,12,19H,3,11,13-16H2,1-2H3,(H2,23,24,25);1H. The molecule has 7 nitrogen and oxygen atoms in total. The maximum absolute atomic E-state index is 4.37. The van der Waals surface area contributed by atoms with Crippen LogP contribution >= 0.6 is 24.0 Å². The highest BCUT2D eigenvalue weighted by Gasteiger charge is 2.22. The van der Waals surface area contributed by atoms with Crippen molar-refractivity contribution >= 4 is 35.6 Å². The topological polar surface area (TPSA) is 69.8 Å². The van der Waals surface area contributed by atoms with Crippen LogP contribution < -0.4 is 10.6 Å². The molecule has 1 aromatic carbocycles. The predicted molar refractivity (Wildman–Crippen MR) is 131 cm³/mol. The molecule has 0 saturated carbocycles. The van der Waals surface area contributed by atoms with Crippen LogP contribution in [-0.2, 0) is 19.5 Å². The molecule has 4 rings (SSSR count). The first-order chi connectivity index (χ1) is 14.3. The van der Waals surface area contributed by atoms with E-state index in [9.17, 15) is 0 Å². The Morgan fingerprint density at radius 2 is 1.90 bits per heavy atom. The van der Waals surface area contributed by atoms with Crippen LogP contribution in [0.1, 0.15) is 30.3 Å². The fraction of sp³-hybridized carbons (Fsp3) is 0.409. The molecule has 30 heavy (non-hydrogen) atoms. The number of benzene rings is 1. The van der Waals surface area contributed by atoms with E-state index in [4.69, 9.17) is 0 Å². The van der Waals surface area contributed by atoms with Gasteiger partial charge < -0.3 is 10.6 Å². The number of aromatic nitrogens is 3. The molecule has 0 spiro atoms. The number of guanidine groups is 1. The molecule has 0 amide bonds. The maximum atomic E-state index is 4.37. The largest absolute Gasteiger partial charge is 0.355 e. The molecule has 0 aliphatic carbocycles. The molecule has 0 radical (unpaired) electrons. The van der Waals surface area contributed by atoms with Crippen molar-refractivity contribution < 1.29 is 0 Å². The summed E-state index contributed by atoms with van der Waals surface area (Å²) in [4.78, 5) is 6.95. The molecule has 0 bridgehead atoms. The van der Waals surface area contributed by atoms with Gasteiger partial charge in [0.1, 0.15) is 0 Å². The van der Waals surface area contributed by atoms with E-state index in [0.29, 0.717) is 12.6 Å². The summed E-state index contributed by atoms with van der Waals surface area (Å²) in [5.74, 6) is 1.65. The highest BCUT2D eigenvalue weighted by molar-refractivity contribution is 14.0. The average molecular weight is 519 g/mol. The van der Waals surface area contributed by atoms with Gasteiger partial charge in [0.15, 0.2) is 17.4 Å². The van der Waals surface area contributed by atoms with E-state index < -0.39 is 0 Å². The van der Waals surface area contributed by atoms with E-state index in [-0.39, 0.29) is 24.0 Å². The van der Waals surface area contributed by atoms with E-state index in [1.54, 1.807) is 7.05 Å². The molecule has 1 aliphatic heterocycles. The molecule has 160 valence electrons. The van der Waals surface area contributed by atoms with Gasteiger partial charge in [-0.15, -0.1) is 34.2 Å². The molecule has 2 N–H and O–H groups in total. The van der Waals surface area contributed by atoms with Gasteiger partial charge in [-0.1, -0.05) is 37.3 Å². The van der Waals surface area contributed by atoms with Gasteiger partial charge in [-0.05, 0) is 36.1 Å². The molecule has 0 saturated heterocycles. The summed E-state index contributed by atoms with van der Waals surface area (Å²) >= 11 is 0. The van der Waals surface area contributed by atoms with Crippen molar-refractivity contribution in [2.24, 2.45) is 4.99 Å². The summed E-state index contributed by atoms with van der Waals surface area (Å²) < 4.78 is 1.99. The Kier molecular flexibility index (Phi) is 8.03. The van der Waals surface area contributed by atoms with Crippen LogP contribution in [0.2, 0.25) is 0 Å². The van der Waals surface area contributed by atoms with Crippen molar-refractivity contribution in [2.75, 3.05) is 20.1 Å². The number of hydrogen-bond acceptors (Lipinski definition) is 4. The van der Waals surface area contributed by atoms with Gasteiger partial charge in [-0.2, -0.15) is 0 Å². The van der Waals surface area contributed by atoms with E-state index in [2.05, 4.69) is 61.9 Å². The van der Waals surface area contributed by atoms with Gasteiger partial charge in [-0.25, -0.2) is 0 Å². The zero-order chi connectivity index (χ0) is 20.1. The molecule has 8 heteroatoms. The normalized spacial score (nSPS) is 15.3. The minimum Gasteiger partial charge on any atom is -0.355 e. The van der Waals surface area contributed by atoms with Crippen LogP contribution in [0.25, 0.3) is 5.65 Å². The van der Waals surface area contributed by atoms with Crippen molar-refractivity contribution in [2.45, 2.75) is 38.9 Å². The first kappa shape index (κ1) is 22.5. The molecular formula is C22H30IN7. The fourth-order valence-electron chi connectivity index (χ4n) is 3.97. The summed E-state index contributed by atoms with van der Waals surface area (Å²) in [6.45, 7) is 5.81. The molecule has 3 aromatic rings.